The van der Waals surface area contributed by atoms with Crippen molar-refractivity contribution in [2.75, 3.05) is 13.2 Å². The van der Waals surface area contributed by atoms with Gasteiger partial charge in [-0.25, -0.2) is 0 Å². The molecule has 0 bridgehead atoms. The third kappa shape index (κ3) is 7.52. The first-order chi connectivity index (χ1) is 5.31. The average Bonchev–Trinajstić information content (AvgIpc) is 2.01. The Labute approximate surface area is 68.6 Å². The summed E-state index contributed by atoms with van der Waals surface area (Å²) in [7, 11) is 0. The molecule has 0 fully saturated rings. The van der Waals surface area contributed by atoms with E-state index in [9.17, 15) is 0 Å². The van der Waals surface area contributed by atoms with Crippen molar-refractivity contribution in [3.05, 3.63) is 12.7 Å². The first kappa shape index (κ1) is 10.6. The summed E-state index contributed by atoms with van der Waals surface area (Å²) in [6, 6.07) is 0. The monoisotopic (exact) mass is 158 g/mol. The number of ether oxygens (including phenoxy) is 1. The highest BCUT2D eigenvalue weighted by Gasteiger charge is 1.96. The van der Waals surface area contributed by atoms with Gasteiger partial charge in [0, 0.05) is 6.54 Å². The Morgan fingerprint density at radius 1 is 1.73 bits per heavy atom. The lowest BCUT2D eigenvalue weighted by Gasteiger charge is -2.12. The topological polar surface area (TPSA) is 47.3 Å². The first-order valence-electron chi connectivity index (χ1n) is 4.02. The van der Waals surface area contributed by atoms with Gasteiger partial charge in [-0.3, -0.25) is 11.1 Å². The van der Waals surface area contributed by atoms with E-state index in [4.69, 9.17) is 10.5 Å². The van der Waals surface area contributed by atoms with Crippen LogP contribution in [-0.4, -0.2) is 19.5 Å². The zero-order chi connectivity index (χ0) is 8.53. The Morgan fingerprint density at radius 3 is 3.00 bits per heavy atom. The molecule has 3 N–H and O–H groups in total. The number of nitrogens with two attached hydrogens (primary N) is 1. The van der Waals surface area contributed by atoms with Crippen LogP contribution in [0, 0.1) is 0 Å². The highest BCUT2D eigenvalue weighted by atomic mass is 16.5. The molecule has 3 heteroatoms. The molecule has 0 aliphatic carbocycles. The van der Waals surface area contributed by atoms with Gasteiger partial charge in [-0.05, 0) is 6.42 Å². The summed E-state index contributed by atoms with van der Waals surface area (Å²) in [5, 5.41) is 2.93. The summed E-state index contributed by atoms with van der Waals surface area (Å²) < 4.78 is 5.20. The van der Waals surface area contributed by atoms with E-state index in [1.54, 1.807) is 6.08 Å². The minimum atomic E-state index is -0.348. The molecule has 1 atom stereocenters. The Bertz CT molecular complexity index is 96.1. The summed E-state index contributed by atoms with van der Waals surface area (Å²) >= 11 is 0. The van der Waals surface area contributed by atoms with Gasteiger partial charge < -0.3 is 4.74 Å². The Hall–Kier alpha value is -0.380. The third-order valence-electron chi connectivity index (χ3n) is 1.26. The normalized spacial score (nSPS) is 12.9. The van der Waals surface area contributed by atoms with Crippen LogP contribution in [0.2, 0.25) is 0 Å². The minimum absolute atomic E-state index is 0.348. The van der Waals surface area contributed by atoms with E-state index in [2.05, 4.69) is 18.8 Å². The standard InChI is InChI=1S/C8H18N2O/c1-3-5-7-11-8(9)10-6-4-2/h4,8,10H,2-3,5-7,9H2,1H3. The summed E-state index contributed by atoms with van der Waals surface area (Å²) in [4.78, 5) is 0. The molecule has 0 aromatic carbocycles. The van der Waals surface area contributed by atoms with E-state index in [1.165, 1.54) is 0 Å². The Morgan fingerprint density at radius 2 is 2.45 bits per heavy atom. The molecule has 1 unspecified atom stereocenters. The van der Waals surface area contributed by atoms with Crippen LogP contribution in [0.3, 0.4) is 0 Å². The molecule has 0 rings (SSSR count). The van der Waals surface area contributed by atoms with E-state index >= 15 is 0 Å². The van der Waals surface area contributed by atoms with Gasteiger partial charge in [-0.1, -0.05) is 19.4 Å². The van der Waals surface area contributed by atoms with E-state index in [-0.39, 0.29) is 6.35 Å². The quantitative estimate of drug-likeness (QED) is 0.327. The third-order valence-corrected chi connectivity index (χ3v) is 1.26. The van der Waals surface area contributed by atoms with Crippen molar-refractivity contribution in [2.45, 2.75) is 26.1 Å². The molecule has 0 aromatic rings. The molecule has 11 heavy (non-hydrogen) atoms. The molecule has 0 saturated heterocycles. The van der Waals surface area contributed by atoms with Gasteiger partial charge in [0.05, 0.1) is 6.61 Å². The molecular formula is C8H18N2O. The van der Waals surface area contributed by atoms with E-state index < -0.39 is 0 Å². The maximum atomic E-state index is 5.52. The second-order valence-corrected chi connectivity index (χ2v) is 2.34. The van der Waals surface area contributed by atoms with Crippen molar-refractivity contribution in [1.29, 1.82) is 0 Å². The molecule has 0 amide bonds. The SMILES string of the molecule is C=CCNC(N)OCCCC. The molecule has 0 heterocycles. The van der Waals surface area contributed by atoms with E-state index in [0.717, 1.165) is 19.4 Å². The van der Waals surface area contributed by atoms with Gasteiger partial charge in [0.15, 0.2) is 6.35 Å². The van der Waals surface area contributed by atoms with Gasteiger partial charge in [0.1, 0.15) is 0 Å². The maximum absolute atomic E-state index is 5.52. The van der Waals surface area contributed by atoms with Crippen molar-refractivity contribution in [1.82, 2.24) is 5.32 Å². The van der Waals surface area contributed by atoms with E-state index in [1.807, 2.05) is 0 Å². The summed E-state index contributed by atoms with van der Waals surface area (Å²) in [6.07, 6.45) is 3.60. The lowest BCUT2D eigenvalue weighted by atomic mass is 10.4. The van der Waals surface area contributed by atoms with Gasteiger partial charge in [0.25, 0.3) is 0 Å². The van der Waals surface area contributed by atoms with Crippen LogP contribution in [-0.2, 0) is 4.74 Å². The first-order valence-corrected chi connectivity index (χ1v) is 4.02. The van der Waals surface area contributed by atoms with Gasteiger partial charge in [-0.15, -0.1) is 6.58 Å². The molecular weight excluding hydrogens is 140 g/mol. The van der Waals surface area contributed by atoms with Crippen LogP contribution in [0.15, 0.2) is 12.7 Å². The van der Waals surface area contributed by atoms with Crippen molar-refractivity contribution in [2.24, 2.45) is 5.73 Å². The van der Waals surface area contributed by atoms with Gasteiger partial charge >= 0.3 is 0 Å². The second-order valence-electron chi connectivity index (χ2n) is 2.34. The number of hydrogen-bond acceptors (Lipinski definition) is 3. The van der Waals surface area contributed by atoms with E-state index in [0.29, 0.717) is 6.54 Å². The van der Waals surface area contributed by atoms with Crippen LogP contribution >= 0.6 is 0 Å². The fourth-order valence-corrected chi connectivity index (χ4v) is 0.613. The second kappa shape index (κ2) is 7.72. The lowest BCUT2D eigenvalue weighted by molar-refractivity contribution is 0.0351. The predicted molar refractivity (Wildman–Crippen MR) is 47.0 cm³/mol. The predicted octanol–water partition coefficient (Wildman–Crippen LogP) is 0.821. The summed E-state index contributed by atoms with van der Waals surface area (Å²) in [6.45, 7) is 7.08. The molecule has 66 valence electrons. The maximum Gasteiger partial charge on any atom is 0.161 e. The summed E-state index contributed by atoms with van der Waals surface area (Å²) in [5.41, 5.74) is 5.52. The van der Waals surface area contributed by atoms with Crippen molar-refractivity contribution in [3.63, 3.8) is 0 Å². The molecule has 0 radical (unpaired) electrons. The fourth-order valence-electron chi connectivity index (χ4n) is 0.613. The van der Waals surface area contributed by atoms with Crippen molar-refractivity contribution in [3.8, 4) is 0 Å². The Kier molecular flexibility index (Phi) is 7.46. The Balaban J connectivity index is 3.08. The van der Waals surface area contributed by atoms with Crippen LogP contribution in [0.1, 0.15) is 19.8 Å². The highest BCUT2D eigenvalue weighted by molar-refractivity contribution is 4.69. The van der Waals surface area contributed by atoms with Gasteiger partial charge in [-0.2, -0.15) is 0 Å². The molecule has 0 aliphatic heterocycles. The summed E-state index contributed by atoms with van der Waals surface area (Å²) in [5.74, 6) is 0. The zero-order valence-electron chi connectivity index (χ0n) is 7.18. The van der Waals surface area contributed by atoms with Crippen LogP contribution in [0.4, 0.5) is 0 Å². The molecule has 0 spiro atoms. The largest absolute Gasteiger partial charge is 0.350 e. The van der Waals surface area contributed by atoms with Crippen molar-refractivity contribution >= 4 is 0 Å². The molecule has 0 aliphatic rings. The smallest absolute Gasteiger partial charge is 0.161 e. The molecule has 0 saturated carbocycles. The van der Waals surface area contributed by atoms with Crippen molar-refractivity contribution < 1.29 is 4.74 Å². The number of hydrogen-bond donors (Lipinski definition) is 2. The zero-order valence-corrected chi connectivity index (χ0v) is 7.18. The van der Waals surface area contributed by atoms with Crippen LogP contribution in [0.25, 0.3) is 0 Å². The van der Waals surface area contributed by atoms with Crippen LogP contribution in [0.5, 0.6) is 0 Å². The van der Waals surface area contributed by atoms with Gasteiger partial charge in [0.2, 0.25) is 0 Å². The average molecular weight is 158 g/mol. The fraction of sp³-hybridized carbons (Fsp3) is 0.750. The number of nitrogens with one attached hydrogen (secondary N) is 1. The lowest BCUT2D eigenvalue weighted by Crippen LogP contribution is -2.40. The molecule has 3 nitrogen and oxygen atoms in total. The highest BCUT2D eigenvalue weighted by Crippen LogP contribution is 1.88. The van der Waals surface area contributed by atoms with Crippen LogP contribution < -0.4 is 11.1 Å². The molecule has 0 aromatic heterocycles. The number of rotatable bonds is 7. The number of unbranched alkanes of at least 4 members (excludes halogenated alkanes) is 1. The minimum Gasteiger partial charge on any atom is -0.350 e.